The molecule has 0 unspecified atom stereocenters. The number of unbranched alkanes of at least 4 members (excludes halogenated alkanes) is 1. The summed E-state index contributed by atoms with van der Waals surface area (Å²) in [6.07, 6.45) is 2.24. The van der Waals surface area contributed by atoms with Crippen molar-refractivity contribution in [2.24, 2.45) is 0 Å². The lowest BCUT2D eigenvalue weighted by Crippen LogP contribution is -1.99. The fraction of sp³-hybridized carbons (Fsp3) is 0.429. The van der Waals surface area contributed by atoms with Gasteiger partial charge in [-0.05, 0) is 18.9 Å². The van der Waals surface area contributed by atoms with Crippen LogP contribution in [0.2, 0.25) is 0 Å². The molecule has 2 aromatic rings. The summed E-state index contributed by atoms with van der Waals surface area (Å²) in [6.45, 7) is 5.05. The quantitative estimate of drug-likeness (QED) is 0.330. The van der Waals surface area contributed by atoms with E-state index in [0.717, 1.165) is 34.4 Å². The van der Waals surface area contributed by atoms with Crippen molar-refractivity contribution in [2.75, 3.05) is 11.9 Å². The summed E-state index contributed by atoms with van der Waals surface area (Å²) in [5.74, 6) is 0. The first-order chi connectivity index (χ1) is 10.6. The van der Waals surface area contributed by atoms with E-state index >= 15 is 0 Å². The van der Waals surface area contributed by atoms with Crippen LogP contribution < -0.4 is 5.32 Å². The molecule has 118 valence electrons. The van der Waals surface area contributed by atoms with Gasteiger partial charge >= 0.3 is 0 Å². The average Bonchev–Trinajstić information content (AvgIpc) is 2.95. The number of aromatic nitrogens is 2. The lowest BCUT2D eigenvalue weighted by atomic mass is 10.1. The van der Waals surface area contributed by atoms with E-state index in [2.05, 4.69) is 22.4 Å². The SMILES string of the molecule is CCCCNc1nnc(S[C@H](C)c2cccc([N+](=O)[O-])c2)s1. The van der Waals surface area contributed by atoms with Crippen molar-refractivity contribution in [2.45, 2.75) is 36.3 Å². The maximum absolute atomic E-state index is 10.8. The Bertz CT molecular complexity index is 633. The number of nitro groups is 1. The summed E-state index contributed by atoms with van der Waals surface area (Å²) in [6, 6.07) is 6.72. The second-order valence-electron chi connectivity index (χ2n) is 4.77. The van der Waals surface area contributed by atoms with E-state index < -0.39 is 0 Å². The lowest BCUT2D eigenvalue weighted by Gasteiger charge is -2.08. The molecule has 2 rings (SSSR count). The zero-order valence-electron chi connectivity index (χ0n) is 12.5. The van der Waals surface area contributed by atoms with E-state index in [4.69, 9.17) is 0 Å². The molecule has 0 saturated carbocycles. The summed E-state index contributed by atoms with van der Waals surface area (Å²) in [4.78, 5) is 10.5. The first-order valence-corrected chi connectivity index (χ1v) is 8.78. The third-order valence-electron chi connectivity index (χ3n) is 3.04. The van der Waals surface area contributed by atoms with Crippen LogP contribution in [0.3, 0.4) is 0 Å². The molecule has 1 aromatic heterocycles. The first kappa shape index (κ1) is 16.7. The summed E-state index contributed by atoms with van der Waals surface area (Å²) in [7, 11) is 0. The molecule has 1 atom stereocenters. The van der Waals surface area contributed by atoms with E-state index in [1.165, 1.54) is 17.4 Å². The van der Waals surface area contributed by atoms with E-state index in [1.54, 1.807) is 23.9 Å². The predicted octanol–water partition coefficient (Wildman–Crippen LogP) is 4.51. The van der Waals surface area contributed by atoms with Gasteiger partial charge in [-0.1, -0.05) is 48.6 Å². The number of nitro benzene ring substituents is 1. The summed E-state index contributed by atoms with van der Waals surface area (Å²) < 4.78 is 0.859. The number of non-ortho nitro benzene ring substituents is 1. The number of nitrogens with one attached hydrogen (secondary N) is 1. The van der Waals surface area contributed by atoms with Crippen LogP contribution in [0.15, 0.2) is 28.6 Å². The lowest BCUT2D eigenvalue weighted by molar-refractivity contribution is -0.384. The van der Waals surface area contributed by atoms with Crippen molar-refractivity contribution in [3.63, 3.8) is 0 Å². The Morgan fingerprint density at radius 3 is 3.00 bits per heavy atom. The molecule has 22 heavy (non-hydrogen) atoms. The minimum atomic E-state index is -0.373. The topological polar surface area (TPSA) is 81.0 Å². The molecule has 6 nitrogen and oxygen atoms in total. The van der Waals surface area contributed by atoms with Crippen LogP contribution in [0.25, 0.3) is 0 Å². The highest BCUT2D eigenvalue weighted by atomic mass is 32.2. The first-order valence-electron chi connectivity index (χ1n) is 7.08. The van der Waals surface area contributed by atoms with Crippen molar-refractivity contribution in [3.8, 4) is 0 Å². The minimum absolute atomic E-state index is 0.0799. The third kappa shape index (κ3) is 4.67. The monoisotopic (exact) mass is 338 g/mol. The highest BCUT2D eigenvalue weighted by Gasteiger charge is 2.14. The molecule has 0 aliphatic carbocycles. The molecule has 0 aliphatic heterocycles. The summed E-state index contributed by atoms with van der Waals surface area (Å²) in [5, 5.41) is 23.2. The molecule has 0 spiro atoms. The summed E-state index contributed by atoms with van der Waals surface area (Å²) in [5.41, 5.74) is 1.03. The summed E-state index contributed by atoms with van der Waals surface area (Å²) >= 11 is 3.07. The molecular formula is C14H18N4O2S2. The fourth-order valence-corrected chi connectivity index (χ4v) is 3.85. The number of benzene rings is 1. The Morgan fingerprint density at radius 1 is 1.45 bits per heavy atom. The van der Waals surface area contributed by atoms with Gasteiger partial charge < -0.3 is 5.32 Å². The normalized spacial score (nSPS) is 12.1. The van der Waals surface area contributed by atoms with E-state index in [-0.39, 0.29) is 15.9 Å². The van der Waals surface area contributed by atoms with Gasteiger partial charge in [0.2, 0.25) is 5.13 Å². The standard InChI is InChI=1S/C14H18N4O2S2/c1-3-4-8-15-13-16-17-14(22-13)21-10(2)11-6-5-7-12(9-11)18(19)20/h5-7,9-10H,3-4,8H2,1-2H3,(H,15,16)/t10-/m1/s1. The molecular weight excluding hydrogens is 320 g/mol. The molecule has 0 bridgehead atoms. The second kappa shape index (κ2) is 8.09. The highest BCUT2D eigenvalue weighted by Crippen LogP contribution is 2.38. The zero-order valence-corrected chi connectivity index (χ0v) is 14.1. The van der Waals surface area contributed by atoms with Gasteiger partial charge in [-0.2, -0.15) is 0 Å². The zero-order chi connectivity index (χ0) is 15.9. The fourth-order valence-electron chi connectivity index (χ4n) is 1.81. The van der Waals surface area contributed by atoms with Gasteiger partial charge in [0, 0.05) is 23.9 Å². The second-order valence-corrected chi connectivity index (χ2v) is 7.33. The van der Waals surface area contributed by atoms with Crippen LogP contribution in [0.1, 0.15) is 37.5 Å². The number of anilines is 1. The average molecular weight is 338 g/mol. The van der Waals surface area contributed by atoms with E-state index in [1.807, 2.05) is 13.0 Å². The molecule has 1 N–H and O–H groups in total. The Hall–Kier alpha value is -1.67. The smallest absolute Gasteiger partial charge is 0.269 e. The Morgan fingerprint density at radius 2 is 2.27 bits per heavy atom. The van der Waals surface area contributed by atoms with Gasteiger partial charge in [0.25, 0.3) is 5.69 Å². The molecule has 0 aliphatic rings. The Kier molecular flexibility index (Phi) is 6.14. The van der Waals surface area contributed by atoms with Crippen LogP contribution in [0, 0.1) is 10.1 Å². The predicted molar refractivity (Wildman–Crippen MR) is 90.7 cm³/mol. The number of thioether (sulfide) groups is 1. The molecule has 0 radical (unpaired) electrons. The van der Waals surface area contributed by atoms with E-state index in [9.17, 15) is 10.1 Å². The molecule has 0 fully saturated rings. The molecule has 0 amide bonds. The van der Waals surface area contributed by atoms with Gasteiger partial charge in [0.1, 0.15) is 0 Å². The maximum atomic E-state index is 10.8. The van der Waals surface area contributed by atoms with Crippen molar-refractivity contribution in [1.29, 1.82) is 0 Å². The van der Waals surface area contributed by atoms with E-state index in [0.29, 0.717) is 0 Å². The number of hydrogen-bond acceptors (Lipinski definition) is 7. The van der Waals surface area contributed by atoms with Crippen LogP contribution in [-0.4, -0.2) is 21.7 Å². The maximum Gasteiger partial charge on any atom is 0.269 e. The van der Waals surface area contributed by atoms with Crippen molar-refractivity contribution in [1.82, 2.24) is 10.2 Å². The molecule has 1 heterocycles. The van der Waals surface area contributed by atoms with Crippen molar-refractivity contribution < 1.29 is 4.92 Å². The van der Waals surface area contributed by atoms with Gasteiger partial charge in [-0.25, -0.2) is 0 Å². The van der Waals surface area contributed by atoms with Gasteiger partial charge in [-0.15, -0.1) is 10.2 Å². The van der Waals surface area contributed by atoms with Crippen LogP contribution in [0.5, 0.6) is 0 Å². The third-order valence-corrected chi connectivity index (χ3v) is 5.16. The van der Waals surface area contributed by atoms with Gasteiger partial charge in [0.15, 0.2) is 4.34 Å². The Balaban J connectivity index is 1.98. The van der Waals surface area contributed by atoms with Crippen LogP contribution in [-0.2, 0) is 0 Å². The van der Waals surface area contributed by atoms with Crippen molar-refractivity contribution >= 4 is 33.9 Å². The Labute approximate surface area is 137 Å². The number of hydrogen-bond donors (Lipinski definition) is 1. The largest absolute Gasteiger partial charge is 0.360 e. The minimum Gasteiger partial charge on any atom is -0.360 e. The number of nitrogens with zero attached hydrogens (tertiary/aromatic N) is 3. The van der Waals surface area contributed by atoms with Crippen LogP contribution in [0.4, 0.5) is 10.8 Å². The molecule has 0 saturated heterocycles. The van der Waals surface area contributed by atoms with Crippen molar-refractivity contribution in [3.05, 3.63) is 39.9 Å². The number of rotatable bonds is 8. The van der Waals surface area contributed by atoms with Crippen LogP contribution >= 0.6 is 23.1 Å². The molecule has 8 heteroatoms. The molecule has 1 aromatic carbocycles. The van der Waals surface area contributed by atoms with Gasteiger partial charge in [-0.3, -0.25) is 10.1 Å². The highest BCUT2D eigenvalue weighted by molar-refractivity contribution is 8.01. The van der Waals surface area contributed by atoms with Gasteiger partial charge in [0.05, 0.1) is 4.92 Å².